The molecule has 1 heterocycles. The van der Waals surface area contributed by atoms with Gasteiger partial charge in [-0.05, 0) is 88.8 Å². The lowest BCUT2D eigenvalue weighted by molar-refractivity contribution is -0.145. The number of rotatable bonds is 17. The molecule has 15 heteroatoms. The van der Waals surface area contributed by atoms with Crippen molar-refractivity contribution in [2.75, 3.05) is 34.9 Å². The first-order chi connectivity index (χ1) is 27.5. The van der Waals surface area contributed by atoms with E-state index in [1.807, 2.05) is 6.07 Å². The van der Waals surface area contributed by atoms with E-state index in [0.717, 1.165) is 25.7 Å². The molecule has 2 aromatic carbocycles. The molecule has 4 N–H and O–H groups in total. The lowest BCUT2D eigenvalue weighted by Crippen LogP contribution is -2.55. The van der Waals surface area contributed by atoms with E-state index in [0.29, 0.717) is 53.0 Å². The topological polar surface area (TPSA) is 191 Å². The molecular weight excluding hydrogens is 746 g/mol. The molecule has 5 amide bonds. The molecule has 0 fully saturated rings. The second kappa shape index (κ2) is 22.6. The fourth-order valence-corrected chi connectivity index (χ4v) is 6.74. The van der Waals surface area contributed by atoms with Gasteiger partial charge < -0.3 is 45.1 Å². The van der Waals surface area contributed by atoms with Crippen molar-refractivity contribution in [1.82, 2.24) is 26.2 Å². The molecule has 0 unspecified atom stereocenters. The number of fused-ring (bicyclic) bond motifs is 5. The normalized spacial score (nSPS) is 17.4. The van der Waals surface area contributed by atoms with Crippen LogP contribution in [0.25, 0.3) is 11.1 Å². The number of ether oxygens (including phenoxy) is 4. The van der Waals surface area contributed by atoms with E-state index in [1.165, 1.54) is 40.2 Å². The van der Waals surface area contributed by atoms with Crippen LogP contribution >= 0.6 is 0 Å². The Kier molecular flexibility index (Phi) is 18.3. The van der Waals surface area contributed by atoms with Gasteiger partial charge in [0.15, 0.2) is 0 Å². The van der Waals surface area contributed by atoms with E-state index >= 15 is 0 Å². The van der Waals surface area contributed by atoms with Crippen LogP contribution in [0.3, 0.4) is 0 Å². The summed E-state index contributed by atoms with van der Waals surface area (Å²) in [6.45, 7) is 9.20. The minimum atomic E-state index is -1.29. The highest BCUT2D eigenvalue weighted by Gasteiger charge is 2.36. The van der Waals surface area contributed by atoms with Crippen LogP contribution in [-0.2, 0) is 39.9 Å². The van der Waals surface area contributed by atoms with E-state index in [2.05, 4.69) is 28.2 Å². The number of nitrogens with one attached hydrogen (secondary N) is 4. The maximum Gasteiger partial charge on any atom is 0.407 e. The van der Waals surface area contributed by atoms with Crippen molar-refractivity contribution in [1.29, 1.82) is 0 Å². The molecule has 4 bridgehead atoms. The van der Waals surface area contributed by atoms with Gasteiger partial charge in [-0.15, -0.1) is 0 Å². The molecule has 0 radical (unpaired) electrons. The number of methoxy groups -OCH3 is 3. The molecule has 0 aliphatic carbocycles. The first-order valence-electron chi connectivity index (χ1n) is 20.1. The number of hydrogen-bond donors (Lipinski definition) is 4. The Hall–Kier alpha value is -5.34. The van der Waals surface area contributed by atoms with Crippen LogP contribution in [0.2, 0.25) is 0 Å². The second-order valence-electron chi connectivity index (χ2n) is 15.6. The average molecular weight is 810 g/mol. The van der Waals surface area contributed by atoms with Crippen molar-refractivity contribution in [2.24, 2.45) is 0 Å². The SMILES string of the molecule is CCCCCCCC(=O)N[C@@H](CCCCNC(=O)OC(C)(C)C)C(=O)N(C)[C@@H]1C(=O)N[C@@H](C)C(=O)N[C@H](C(=O)OC)Cc2ccc(OC)c(c2)-c2cc1ccc2OC. The van der Waals surface area contributed by atoms with Crippen LogP contribution in [-0.4, -0.2) is 99.2 Å². The Bertz CT molecular complexity index is 1740. The Balaban J connectivity index is 2.05. The van der Waals surface area contributed by atoms with Gasteiger partial charge in [-0.25, -0.2) is 9.59 Å². The Morgan fingerprint density at radius 3 is 2.16 bits per heavy atom. The summed E-state index contributed by atoms with van der Waals surface area (Å²) < 4.78 is 21.8. The molecule has 1 aliphatic rings. The molecule has 58 heavy (non-hydrogen) atoms. The van der Waals surface area contributed by atoms with Crippen molar-refractivity contribution < 1.29 is 47.7 Å². The van der Waals surface area contributed by atoms with Gasteiger partial charge in [0.05, 0.1) is 21.3 Å². The van der Waals surface area contributed by atoms with Gasteiger partial charge >= 0.3 is 12.1 Å². The molecular formula is C43H63N5O10. The molecule has 0 saturated heterocycles. The molecule has 0 spiro atoms. The Labute approximate surface area is 342 Å². The van der Waals surface area contributed by atoms with Crippen molar-refractivity contribution >= 4 is 35.7 Å². The van der Waals surface area contributed by atoms with Gasteiger partial charge in [0, 0.05) is 37.6 Å². The third kappa shape index (κ3) is 13.9. The number of amides is 5. The first-order valence-corrected chi connectivity index (χ1v) is 20.1. The molecule has 2 aromatic rings. The summed E-state index contributed by atoms with van der Waals surface area (Å²) in [4.78, 5) is 82.0. The lowest BCUT2D eigenvalue weighted by Gasteiger charge is -2.32. The van der Waals surface area contributed by atoms with Gasteiger partial charge in [0.1, 0.15) is 41.3 Å². The van der Waals surface area contributed by atoms with Gasteiger partial charge in [0.25, 0.3) is 0 Å². The Morgan fingerprint density at radius 2 is 1.52 bits per heavy atom. The lowest BCUT2D eigenvalue weighted by atomic mass is 9.93. The fraction of sp³-hybridized carbons (Fsp3) is 0.581. The van der Waals surface area contributed by atoms with E-state index < -0.39 is 59.6 Å². The zero-order valence-electron chi connectivity index (χ0n) is 35.6. The summed E-state index contributed by atoms with van der Waals surface area (Å²) in [6.07, 6.45) is 5.65. The Morgan fingerprint density at radius 1 is 0.862 bits per heavy atom. The number of likely N-dealkylation sites (N-methyl/N-ethyl adjacent to an activating group) is 1. The van der Waals surface area contributed by atoms with Crippen LogP contribution < -0.4 is 30.7 Å². The smallest absolute Gasteiger partial charge is 0.407 e. The van der Waals surface area contributed by atoms with Crippen LogP contribution in [0, 0.1) is 0 Å². The molecule has 0 aromatic heterocycles. The molecule has 3 rings (SSSR count). The third-order valence-corrected chi connectivity index (χ3v) is 9.80. The third-order valence-electron chi connectivity index (χ3n) is 9.80. The molecule has 4 atom stereocenters. The van der Waals surface area contributed by atoms with Crippen molar-refractivity contribution in [3.05, 3.63) is 47.5 Å². The monoisotopic (exact) mass is 809 g/mol. The summed E-state index contributed by atoms with van der Waals surface area (Å²) in [5, 5.41) is 11.1. The van der Waals surface area contributed by atoms with Gasteiger partial charge in [-0.3, -0.25) is 19.2 Å². The first kappa shape index (κ1) is 47.0. The van der Waals surface area contributed by atoms with Crippen LogP contribution in [0.1, 0.15) is 110 Å². The summed E-state index contributed by atoms with van der Waals surface area (Å²) in [6, 6.07) is 5.91. The molecule has 1 aliphatic heterocycles. The summed E-state index contributed by atoms with van der Waals surface area (Å²) in [5.74, 6) is -1.87. The van der Waals surface area contributed by atoms with E-state index in [9.17, 15) is 28.8 Å². The zero-order chi connectivity index (χ0) is 43.0. The van der Waals surface area contributed by atoms with Gasteiger partial charge in [0.2, 0.25) is 23.6 Å². The summed E-state index contributed by atoms with van der Waals surface area (Å²) >= 11 is 0. The van der Waals surface area contributed by atoms with E-state index in [4.69, 9.17) is 18.9 Å². The largest absolute Gasteiger partial charge is 0.496 e. The van der Waals surface area contributed by atoms with Gasteiger partial charge in [-0.2, -0.15) is 0 Å². The minimum Gasteiger partial charge on any atom is -0.496 e. The minimum absolute atomic E-state index is 0.0842. The molecule has 0 saturated carbocycles. The maximum atomic E-state index is 14.6. The van der Waals surface area contributed by atoms with E-state index in [-0.39, 0.29) is 31.7 Å². The highest BCUT2D eigenvalue weighted by Crippen LogP contribution is 2.40. The van der Waals surface area contributed by atoms with Crippen LogP contribution in [0.4, 0.5) is 4.79 Å². The standard InChI is InChI=1S/C43H63N5O10/c1-10-11-12-13-14-18-36(49)46-32(17-15-16-23-44-42(54)58-43(3,4)5)40(52)48(6)37-29-20-22-35(56-8)31(26-29)30-24-28(19-21-34(30)55-7)25-33(41(53)57-9)47-38(50)27(2)45-39(37)51/h19-22,24,26-27,32-33,37H,10-18,23,25H2,1-9H3,(H,44,54)(H,45,51)(H,46,49)(H,47,50)/t27-,32-,33-,37-/m0/s1. The molecule has 320 valence electrons. The van der Waals surface area contributed by atoms with Crippen LogP contribution in [0.5, 0.6) is 11.5 Å². The number of alkyl carbamates (subject to hydrolysis) is 1. The maximum absolute atomic E-state index is 14.6. The quantitative estimate of drug-likeness (QED) is 0.123. The fourth-order valence-electron chi connectivity index (χ4n) is 6.74. The summed E-state index contributed by atoms with van der Waals surface area (Å²) in [5.41, 5.74) is 1.56. The predicted octanol–water partition coefficient (Wildman–Crippen LogP) is 5.13. The highest BCUT2D eigenvalue weighted by atomic mass is 16.6. The number of esters is 1. The van der Waals surface area contributed by atoms with E-state index in [1.54, 1.807) is 51.1 Å². The van der Waals surface area contributed by atoms with Crippen LogP contribution in [0.15, 0.2) is 36.4 Å². The summed E-state index contributed by atoms with van der Waals surface area (Å²) in [7, 11) is 5.73. The predicted molar refractivity (Wildman–Crippen MR) is 219 cm³/mol. The number of hydrogen-bond acceptors (Lipinski definition) is 10. The van der Waals surface area contributed by atoms with Crippen molar-refractivity contribution in [3.63, 3.8) is 0 Å². The average Bonchev–Trinajstić information content (AvgIpc) is 3.18. The molecule has 15 nitrogen and oxygen atoms in total. The number of unbranched alkanes of at least 4 members (excludes halogenated alkanes) is 5. The number of carbonyl (C=O) groups excluding carboxylic acids is 6. The van der Waals surface area contributed by atoms with Crippen molar-refractivity contribution in [3.8, 4) is 22.6 Å². The highest BCUT2D eigenvalue weighted by molar-refractivity contribution is 5.96. The second-order valence-corrected chi connectivity index (χ2v) is 15.6. The number of carbonyl (C=O) groups is 6. The number of benzene rings is 2. The van der Waals surface area contributed by atoms with Gasteiger partial charge in [-0.1, -0.05) is 44.7 Å². The number of nitrogens with zero attached hydrogens (tertiary/aromatic N) is 1. The van der Waals surface area contributed by atoms with Crippen molar-refractivity contribution in [2.45, 2.75) is 129 Å². The zero-order valence-corrected chi connectivity index (χ0v) is 35.6.